The molecule has 1 aromatic heterocycles. The van der Waals surface area contributed by atoms with E-state index in [2.05, 4.69) is 4.98 Å². The van der Waals surface area contributed by atoms with Crippen LogP contribution in [-0.2, 0) is 16.0 Å². The highest BCUT2D eigenvalue weighted by Crippen LogP contribution is 2.31. The lowest BCUT2D eigenvalue weighted by molar-refractivity contribution is -0.134. The fraction of sp³-hybridized carbons (Fsp3) is 0.200. The molecule has 0 radical (unpaired) electrons. The van der Waals surface area contributed by atoms with Gasteiger partial charge in [-0.2, -0.15) is 4.98 Å². The molecule has 13 heavy (non-hydrogen) atoms. The van der Waals surface area contributed by atoms with Gasteiger partial charge in [0.15, 0.2) is 8.80 Å². The van der Waals surface area contributed by atoms with Crippen LogP contribution in [0.15, 0.2) is 5.03 Å². The zero-order valence-electron chi connectivity index (χ0n) is 5.99. The number of thiazole rings is 1. The second-order valence-corrected chi connectivity index (χ2v) is 5.48. The van der Waals surface area contributed by atoms with Crippen LogP contribution in [0.25, 0.3) is 0 Å². The zero-order valence-corrected chi connectivity index (χ0v) is 9.14. The highest BCUT2D eigenvalue weighted by atomic mass is 35.5. The number of carbonyl (C=O) groups is 1. The van der Waals surface area contributed by atoms with Crippen molar-refractivity contribution in [1.82, 2.24) is 4.98 Å². The van der Waals surface area contributed by atoms with E-state index in [4.69, 9.17) is 28.3 Å². The number of nitrogens with zero attached hydrogens (tertiary/aromatic N) is 1. The molecule has 8 heteroatoms. The lowest BCUT2D eigenvalue weighted by Gasteiger charge is -2.03. The molecule has 1 unspecified atom stereocenters. The Labute approximate surface area is 90.7 Å². The van der Waals surface area contributed by atoms with Gasteiger partial charge in [0.2, 0.25) is 5.75 Å². The number of carboxylic acid groups (broad SMARTS) is 1. The molecule has 0 saturated heterocycles. The van der Waals surface area contributed by atoms with Crippen molar-refractivity contribution in [2.75, 3.05) is 5.75 Å². The minimum absolute atomic E-state index is 0.0408. The Morgan fingerprint density at radius 3 is 2.69 bits per heavy atom. The Morgan fingerprint density at radius 1 is 1.69 bits per heavy atom. The van der Waals surface area contributed by atoms with Gasteiger partial charge in [0.1, 0.15) is 0 Å². The van der Waals surface area contributed by atoms with Gasteiger partial charge in [-0.3, -0.25) is 0 Å². The summed E-state index contributed by atoms with van der Waals surface area (Å²) in [6.07, 6.45) is 0. The van der Waals surface area contributed by atoms with Gasteiger partial charge in [-0.1, -0.05) is 34.5 Å². The van der Waals surface area contributed by atoms with E-state index in [1.165, 1.54) is 0 Å². The third-order valence-corrected chi connectivity index (χ3v) is 3.84. The topological polar surface area (TPSA) is 73.2 Å². The van der Waals surface area contributed by atoms with E-state index in [0.29, 0.717) is 0 Å². The van der Waals surface area contributed by atoms with Gasteiger partial charge in [-0.25, -0.2) is 4.79 Å². The number of halogens is 2. The number of hydrogen-bond donors (Lipinski definition) is 1. The normalized spacial score (nSPS) is 12.8. The van der Waals surface area contributed by atoms with Crippen LogP contribution >= 0.6 is 34.5 Å². The smallest absolute Gasteiger partial charge is 0.354 e. The fourth-order valence-electron chi connectivity index (χ4n) is 0.585. The summed E-state index contributed by atoms with van der Waals surface area (Å²) < 4.78 is 11.5. The largest absolute Gasteiger partial charge is 0.610 e. The minimum Gasteiger partial charge on any atom is -0.610 e. The molecule has 0 amide bonds. The monoisotopic (exact) mass is 259 g/mol. The van der Waals surface area contributed by atoms with Crippen LogP contribution in [0.2, 0.25) is 8.80 Å². The summed E-state index contributed by atoms with van der Waals surface area (Å²) in [5.74, 6) is -1.68. The van der Waals surface area contributed by atoms with Crippen LogP contribution in [0.3, 0.4) is 0 Å². The van der Waals surface area contributed by atoms with Gasteiger partial charge in [-0.15, -0.1) is 0 Å². The van der Waals surface area contributed by atoms with Crippen LogP contribution in [0.5, 0.6) is 0 Å². The highest BCUT2D eigenvalue weighted by Gasteiger charge is 2.23. The summed E-state index contributed by atoms with van der Waals surface area (Å²) in [7, 11) is 0. The highest BCUT2D eigenvalue weighted by molar-refractivity contribution is 7.92. The third-order valence-electron chi connectivity index (χ3n) is 1.00. The molecular weight excluding hydrogens is 257 g/mol. The summed E-state index contributed by atoms with van der Waals surface area (Å²) in [6, 6.07) is 0. The standard InChI is InChI=1S/C5H3Cl2NO3S2/c6-3-4(8-5(7)12-3)13(11)1-2(9)10/h1H2,(H,9,10). The van der Waals surface area contributed by atoms with E-state index in [9.17, 15) is 9.35 Å². The van der Waals surface area contributed by atoms with Crippen LogP contribution < -0.4 is 0 Å². The van der Waals surface area contributed by atoms with Crippen LogP contribution in [0.1, 0.15) is 0 Å². The molecule has 1 rings (SSSR count). The van der Waals surface area contributed by atoms with E-state index in [-0.39, 0.29) is 13.8 Å². The first kappa shape index (κ1) is 11.1. The number of carboxylic acids is 1. The number of aliphatic carboxylic acids is 1. The van der Waals surface area contributed by atoms with Gasteiger partial charge in [0.05, 0.1) is 0 Å². The summed E-state index contributed by atoms with van der Waals surface area (Å²) in [5, 5.41) is 8.39. The Kier molecular flexibility index (Phi) is 3.81. The Balaban J connectivity index is 2.81. The average molecular weight is 260 g/mol. The molecule has 0 saturated carbocycles. The molecule has 0 spiro atoms. The first-order valence-electron chi connectivity index (χ1n) is 2.92. The minimum atomic E-state index is -1.72. The van der Waals surface area contributed by atoms with E-state index < -0.39 is 22.9 Å². The zero-order chi connectivity index (χ0) is 10.0. The van der Waals surface area contributed by atoms with E-state index >= 15 is 0 Å². The maximum Gasteiger partial charge on any atom is 0.354 e. The lowest BCUT2D eigenvalue weighted by atomic mass is 10.8. The fourth-order valence-corrected chi connectivity index (χ4v) is 3.20. The Bertz CT molecular complexity index is 330. The second kappa shape index (κ2) is 4.47. The summed E-state index contributed by atoms with van der Waals surface area (Å²) in [4.78, 5) is 13.9. The van der Waals surface area contributed by atoms with E-state index in [1.807, 2.05) is 0 Å². The van der Waals surface area contributed by atoms with Crippen molar-refractivity contribution in [3.63, 3.8) is 0 Å². The van der Waals surface area contributed by atoms with Crippen molar-refractivity contribution in [3.05, 3.63) is 8.80 Å². The van der Waals surface area contributed by atoms with Gasteiger partial charge in [-0.05, 0) is 0 Å². The lowest BCUT2D eigenvalue weighted by Crippen LogP contribution is -2.15. The SMILES string of the molecule is O=C(O)C[S+]([O-])c1nc(Cl)sc1Cl. The van der Waals surface area contributed by atoms with Crippen LogP contribution in [0.4, 0.5) is 0 Å². The molecule has 0 fully saturated rings. The van der Waals surface area contributed by atoms with Crippen molar-refractivity contribution in [2.45, 2.75) is 5.03 Å². The average Bonchev–Trinajstić information content (AvgIpc) is 2.28. The number of hydrogen-bond acceptors (Lipinski definition) is 4. The van der Waals surface area contributed by atoms with Crippen molar-refractivity contribution >= 4 is 51.7 Å². The second-order valence-electron chi connectivity index (χ2n) is 1.93. The summed E-state index contributed by atoms with van der Waals surface area (Å²) in [5.41, 5.74) is 0. The molecule has 0 aromatic carbocycles. The van der Waals surface area contributed by atoms with Gasteiger partial charge < -0.3 is 9.66 Å². The predicted octanol–water partition coefficient (Wildman–Crippen LogP) is 1.64. The molecular formula is C5H3Cl2NO3S2. The van der Waals surface area contributed by atoms with Crippen molar-refractivity contribution in [2.24, 2.45) is 0 Å². The van der Waals surface area contributed by atoms with Crippen molar-refractivity contribution in [3.8, 4) is 0 Å². The van der Waals surface area contributed by atoms with Gasteiger partial charge >= 0.3 is 5.97 Å². The van der Waals surface area contributed by atoms with Crippen molar-refractivity contribution < 1.29 is 14.5 Å². The van der Waals surface area contributed by atoms with E-state index in [0.717, 1.165) is 11.3 Å². The molecule has 0 bridgehead atoms. The maximum atomic E-state index is 11.2. The van der Waals surface area contributed by atoms with Crippen molar-refractivity contribution in [1.29, 1.82) is 0 Å². The summed E-state index contributed by atoms with van der Waals surface area (Å²) in [6.45, 7) is 0. The molecule has 0 aliphatic heterocycles. The molecule has 1 atom stereocenters. The summed E-state index contributed by atoms with van der Waals surface area (Å²) >= 11 is 10.3. The first-order chi connectivity index (χ1) is 6.00. The molecule has 0 aliphatic rings. The third kappa shape index (κ3) is 2.99. The van der Waals surface area contributed by atoms with Gasteiger partial charge in [0, 0.05) is 11.2 Å². The molecule has 1 aromatic rings. The maximum absolute atomic E-state index is 11.2. The Morgan fingerprint density at radius 2 is 2.31 bits per heavy atom. The molecule has 72 valence electrons. The first-order valence-corrected chi connectivity index (χ1v) is 5.82. The molecule has 4 nitrogen and oxygen atoms in total. The molecule has 1 N–H and O–H groups in total. The Hall–Kier alpha value is -0.0100. The number of rotatable bonds is 3. The van der Waals surface area contributed by atoms with E-state index in [1.54, 1.807) is 0 Å². The quantitative estimate of drug-likeness (QED) is 0.838. The van der Waals surface area contributed by atoms with Crippen LogP contribution in [-0.4, -0.2) is 26.4 Å². The molecule has 1 heterocycles. The van der Waals surface area contributed by atoms with Gasteiger partial charge in [0.25, 0.3) is 5.03 Å². The predicted molar refractivity (Wildman–Crippen MR) is 51.0 cm³/mol. The number of aromatic nitrogens is 1. The van der Waals surface area contributed by atoms with Crippen LogP contribution in [0, 0.1) is 0 Å². The molecule has 0 aliphatic carbocycles.